The van der Waals surface area contributed by atoms with E-state index >= 15 is 0 Å². The minimum Gasteiger partial charge on any atom is -0.328 e. The third kappa shape index (κ3) is 2.57. The average Bonchev–Trinajstić information content (AvgIpc) is 2.25. The van der Waals surface area contributed by atoms with Crippen LogP contribution in [0.1, 0.15) is 45.4 Å². The Hall–Kier alpha value is 0.270. The average molecular weight is 242 g/mol. The monoisotopic (exact) mass is 242 g/mol. The molecule has 0 aliphatic carbocycles. The minimum absolute atomic E-state index is 0.471. The van der Waals surface area contributed by atoms with Crippen LogP contribution >= 0.6 is 11.8 Å². The van der Waals surface area contributed by atoms with Crippen molar-refractivity contribution in [1.29, 1.82) is 0 Å². The van der Waals surface area contributed by atoms with E-state index in [9.17, 15) is 0 Å². The topological polar surface area (TPSA) is 29.3 Å². The van der Waals surface area contributed by atoms with Gasteiger partial charge in [-0.05, 0) is 38.4 Å². The number of nitrogens with two attached hydrogens (primary N) is 1. The number of hydrogen-bond acceptors (Lipinski definition) is 3. The molecule has 2 nitrogen and oxygen atoms in total. The molecule has 2 bridgehead atoms. The summed E-state index contributed by atoms with van der Waals surface area (Å²) in [6, 6.07) is 2.84. The summed E-state index contributed by atoms with van der Waals surface area (Å²) in [7, 11) is 0. The second-order valence-corrected chi connectivity index (χ2v) is 6.35. The first kappa shape index (κ1) is 12.7. The second kappa shape index (κ2) is 5.74. The fourth-order valence-corrected chi connectivity index (χ4v) is 4.46. The van der Waals surface area contributed by atoms with Gasteiger partial charge >= 0.3 is 0 Å². The standard InChI is InChI=1S/C13H26N2S/c1-3-11(9-16-2)15-12-5-4-6-13(15)8-10(14)7-12/h10-13H,3-9,14H2,1-2H3. The van der Waals surface area contributed by atoms with Gasteiger partial charge in [-0.2, -0.15) is 11.8 Å². The first-order valence-corrected chi connectivity index (χ1v) is 8.17. The van der Waals surface area contributed by atoms with Crippen molar-refractivity contribution in [1.82, 2.24) is 4.90 Å². The van der Waals surface area contributed by atoms with Crippen LogP contribution in [0.15, 0.2) is 0 Å². The smallest absolute Gasteiger partial charge is 0.0189 e. The molecule has 2 rings (SSSR count). The van der Waals surface area contributed by atoms with Crippen molar-refractivity contribution in [3.8, 4) is 0 Å². The first-order chi connectivity index (χ1) is 7.76. The Balaban J connectivity index is 2.06. The zero-order valence-corrected chi connectivity index (χ0v) is 11.5. The number of piperidine rings is 2. The fraction of sp³-hybridized carbons (Fsp3) is 1.00. The maximum Gasteiger partial charge on any atom is 0.0189 e. The minimum atomic E-state index is 0.471. The molecule has 0 spiro atoms. The van der Waals surface area contributed by atoms with Gasteiger partial charge in [0.2, 0.25) is 0 Å². The van der Waals surface area contributed by atoms with E-state index in [4.69, 9.17) is 5.73 Å². The molecule has 2 fully saturated rings. The van der Waals surface area contributed by atoms with Crippen molar-refractivity contribution in [2.24, 2.45) is 5.73 Å². The van der Waals surface area contributed by atoms with Gasteiger partial charge in [0, 0.05) is 29.9 Å². The van der Waals surface area contributed by atoms with Crippen LogP contribution in [-0.2, 0) is 0 Å². The quantitative estimate of drug-likeness (QED) is 0.821. The van der Waals surface area contributed by atoms with Crippen LogP contribution in [0.4, 0.5) is 0 Å². The summed E-state index contributed by atoms with van der Waals surface area (Å²) in [6.07, 6.45) is 10.2. The van der Waals surface area contributed by atoms with Gasteiger partial charge in [0.1, 0.15) is 0 Å². The highest BCUT2D eigenvalue weighted by Crippen LogP contribution is 2.36. The zero-order valence-electron chi connectivity index (χ0n) is 10.7. The molecule has 2 heterocycles. The van der Waals surface area contributed by atoms with Crippen LogP contribution in [-0.4, -0.2) is 41.1 Å². The summed E-state index contributed by atoms with van der Waals surface area (Å²) >= 11 is 1.99. The number of fused-ring (bicyclic) bond motifs is 2. The van der Waals surface area contributed by atoms with Crippen LogP contribution in [0.3, 0.4) is 0 Å². The summed E-state index contributed by atoms with van der Waals surface area (Å²) in [5, 5.41) is 0. The highest BCUT2D eigenvalue weighted by Gasteiger charge is 2.39. The van der Waals surface area contributed by atoms with Crippen LogP contribution in [0.25, 0.3) is 0 Å². The molecule has 16 heavy (non-hydrogen) atoms. The zero-order chi connectivity index (χ0) is 11.5. The van der Waals surface area contributed by atoms with Crippen molar-refractivity contribution in [2.45, 2.75) is 69.6 Å². The first-order valence-electron chi connectivity index (χ1n) is 6.78. The molecular weight excluding hydrogens is 216 g/mol. The van der Waals surface area contributed by atoms with Gasteiger partial charge in [-0.15, -0.1) is 0 Å². The lowest BCUT2D eigenvalue weighted by molar-refractivity contribution is 0.000921. The van der Waals surface area contributed by atoms with Gasteiger partial charge in [0.25, 0.3) is 0 Å². The van der Waals surface area contributed by atoms with E-state index in [0.717, 1.165) is 18.1 Å². The lowest BCUT2D eigenvalue weighted by Gasteiger charge is -2.51. The van der Waals surface area contributed by atoms with Crippen LogP contribution in [0.5, 0.6) is 0 Å². The largest absolute Gasteiger partial charge is 0.328 e. The molecule has 0 radical (unpaired) electrons. The molecule has 0 amide bonds. The lowest BCUT2D eigenvalue weighted by atomic mass is 9.81. The third-order valence-electron chi connectivity index (χ3n) is 4.32. The van der Waals surface area contributed by atoms with E-state index in [0.29, 0.717) is 6.04 Å². The molecule has 2 aliphatic rings. The Morgan fingerprint density at radius 2 is 1.94 bits per heavy atom. The summed E-state index contributed by atoms with van der Waals surface area (Å²) in [4.78, 5) is 2.84. The summed E-state index contributed by atoms with van der Waals surface area (Å²) in [5.41, 5.74) is 6.17. The molecule has 2 N–H and O–H groups in total. The highest BCUT2D eigenvalue weighted by molar-refractivity contribution is 7.98. The summed E-state index contributed by atoms with van der Waals surface area (Å²) in [6.45, 7) is 2.34. The predicted octanol–water partition coefficient (Wildman–Crippen LogP) is 2.47. The van der Waals surface area contributed by atoms with Crippen LogP contribution in [0.2, 0.25) is 0 Å². The van der Waals surface area contributed by atoms with E-state index in [-0.39, 0.29) is 0 Å². The predicted molar refractivity (Wildman–Crippen MR) is 72.9 cm³/mol. The molecule has 3 atom stereocenters. The molecule has 0 aromatic heterocycles. The maximum atomic E-state index is 6.17. The summed E-state index contributed by atoms with van der Waals surface area (Å²) in [5.74, 6) is 1.29. The number of rotatable bonds is 4. The molecule has 3 heteroatoms. The molecule has 0 saturated carbocycles. The highest BCUT2D eigenvalue weighted by atomic mass is 32.2. The number of thioether (sulfide) groups is 1. The van der Waals surface area contributed by atoms with E-state index < -0.39 is 0 Å². The molecule has 94 valence electrons. The van der Waals surface area contributed by atoms with E-state index in [1.807, 2.05) is 11.8 Å². The summed E-state index contributed by atoms with van der Waals surface area (Å²) < 4.78 is 0. The molecule has 0 aromatic rings. The van der Waals surface area contributed by atoms with Crippen molar-refractivity contribution in [3.63, 3.8) is 0 Å². The van der Waals surface area contributed by atoms with Crippen LogP contribution < -0.4 is 5.73 Å². The Morgan fingerprint density at radius 3 is 2.44 bits per heavy atom. The normalized spacial score (nSPS) is 37.3. The van der Waals surface area contributed by atoms with Crippen molar-refractivity contribution in [3.05, 3.63) is 0 Å². The Labute approximate surface area is 104 Å². The second-order valence-electron chi connectivity index (χ2n) is 5.43. The Bertz CT molecular complexity index is 202. The maximum absolute atomic E-state index is 6.17. The molecule has 3 unspecified atom stereocenters. The van der Waals surface area contributed by atoms with E-state index in [1.165, 1.54) is 44.3 Å². The fourth-order valence-electron chi connectivity index (χ4n) is 3.66. The Morgan fingerprint density at radius 1 is 1.31 bits per heavy atom. The van der Waals surface area contributed by atoms with Crippen molar-refractivity contribution in [2.75, 3.05) is 12.0 Å². The Kier molecular flexibility index (Phi) is 4.57. The van der Waals surface area contributed by atoms with Gasteiger partial charge in [0.05, 0.1) is 0 Å². The van der Waals surface area contributed by atoms with Gasteiger partial charge in [-0.3, -0.25) is 4.90 Å². The number of hydrogen-bond donors (Lipinski definition) is 1. The van der Waals surface area contributed by atoms with E-state index in [1.54, 1.807) is 0 Å². The van der Waals surface area contributed by atoms with Crippen LogP contribution in [0, 0.1) is 0 Å². The lowest BCUT2D eigenvalue weighted by Crippen LogP contribution is -2.59. The SMILES string of the molecule is CCC(CSC)N1C2CCCC1CC(N)C2. The third-order valence-corrected chi connectivity index (χ3v) is 5.04. The molecule has 0 aromatic carbocycles. The number of nitrogens with zero attached hydrogens (tertiary/aromatic N) is 1. The van der Waals surface area contributed by atoms with Gasteiger partial charge in [0.15, 0.2) is 0 Å². The van der Waals surface area contributed by atoms with Gasteiger partial charge in [-0.1, -0.05) is 13.3 Å². The van der Waals surface area contributed by atoms with E-state index in [2.05, 4.69) is 18.1 Å². The molecular formula is C13H26N2S. The molecule has 2 aliphatic heterocycles. The molecule has 2 saturated heterocycles. The van der Waals surface area contributed by atoms with Crippen molar-refractivity contribution >= 4 is 11.8 Å². The van der Waals surface area contributed by atoms with Crippen molar-refractivity contribution < 1.29 is 0 Å². The van der Waals surface area contributed by atoms with Gasteiger partial charge < -0.3 is 5.73 Å². The van der Waals surface area contributed by atoms with Gasteiger partial charge in [-0.25, -0.2) is 0 Å².